The van der Waals surface area contributed by atoms with Crippen molar-refractivity contribution in [2.75, 3.05) is 5.75 Å². The molecular formula is C19H15ClN4O3S. The summed E-state index contributed by atoms with van der Waals surface area (Å²) in [7, 11) is 0. The van der Waals surface area contributed by atoms with Crippen LogP contribution in [0.25, 0.3) is 10.9 Å². The molecule has 4 rings (SSSR count). The summed E-state index contributed by atoms with van der Waals surface area (Å²) in [5.41, 5.74) is 0.632. The number of halogens is 1. The molecular weight excluding hydrogens is 400 g/mol. The molecule has 2 aromatic carbocycles. The number of ether oxygens (including phenoxy) is 1. The van der Waals surface area contributed by atoms with E-state index >= 15 is 0 Å². The highest BCUT2D eigenvalue weighted by molar-refractivity contribution is 7.99. The summed E-state index contributed by atoms with van der Waals surface area (Å²) in [6, 6.07) is 14.3. The first-order valence-corrected chi connectivity index (χ1v) is 9.83. The Labute approximate surface area is 169 Å². The molecule has 0 saturated carbocycles. The molecule has 0 aliphatic rings. The number of nitrogens with zero attached hydrogens (tertiary/aromatic N) is 4. The lowest BCUT2D eigenvalue weighted by Gasteiger charge is -2.05. The second-order valence-corrected chi connectivity index (χ2v) is 7.30. The van der Waals surface area contributed by atoms with Crippen LogP contribution in [0.2, 0.25) is 5.02 Å². The molecule has 7 nitrogen and oxygen atoms in total. The molecule has 0 saturated heterocycles. The Kier molecular flexibility index (Phi) is 5.59. The van der Waals surface area contributed by atoms with Gasteiger partial charge in [-0.3, -0.25) is 9.36 Å². The van der Waals surface area contributed by atoms with Crippen LogP contribution < -0.4 is 10.3 Å². The molecule has 0 N–H and O–H groups in total. The minimum Gasteiger partial charge on any atom is -0.484 e. The van der Waals surface area contributed by atoms with Gasteiger partial charge in [-0.2, -0.15) is 0 Å². The number of benzene rings is 2. The largest absolute Gasteiger partial charge is 0.484 e. The Morgan fingerprint density at radius 1 is 1.11 bits per heavy atom. The first kappa shape index (κ1) is 18.5. The molecule has 0 unspecified atom stereocenters. The van der Waals surface area contributed by atoms with Crippen molar-refractivity contribution < 1.29 is 9.15 Å². The van der Waals surface area contributed by atoms with Gasteiger partial charge in [0.25, 0.3) is 16.7 Å². The number of para-hydroxylation sites is 1. The van der Waals surface area contributed by atoms with Crippen LogP contribution in [0.1, 0.15) is 5.89 Å². The van der Waals surface area contributed by atoms with Crippen LogP contribution >= 0.6 is 23.4 Å². The summed E-state index contributed by atoms with van der Waals surface area (Å²) in [4.78, 5) is 16.8. The van der Waals surface area contributed by atoms with Crippen molar-refractivity contribution in [1.29, 1.82) is 0 Å². The maximum absolute atomic E-state index is 12.5. The van der Waals surface area contributed by atoms with E-state index in [0.29, 0.717) is 45.1 Å². The van der Waals surface area contributed by atoms with Gasteiger partial charge in [0.15, 0.2) is 6.61 Å². The minimum absolute atomic E-state index is 0.0613. The zero-order valence-electron chi connectivity index (χ0n) is 14.6. The van der Waals surface area contributed by atoms with E-state index in [1.807, 2.05) is 18.2 Å². The molecule has 9 heteroatoms. The predicted molar refractivity (Wildman–Crippen MR) is 107 cm³/mol. The lowest BCUT2D eigenvalue weighted by Crippen LogP contribution is -2.21. The van der Waals surface area contributed by atoms with Crippen LogP contribution in [-0.2, 0) is 13.2 Å². The second kappa shape index (κ2) is 8.45. The van der Waals surface area contributed by atoms with Crippen LogP contribution in [0, 0.1) is 0 Å². The van der Waals surface area contributed by atoms with Gasteiger partial charge in [0.05, 0.1) is 17.2 Å². The van der Waals surface area contributed by atoms with E-state index in [0.717, 1.165) is 0 Å². The van der Waals surface area contributed by atoms with Gasteiger partial charge in [0, 0.05) is 17.3 Å². The highest BCUT2D eigenvalue weighted by Crippen LogP contribution is 2.19. The number of thioether (sulfide) groups is 1. The van der Waals surface area contributed by atoms with Gasteiger partial charge in [-0.25, -0.2) is 4.98 Å². The molecule has 0 fully saturated rings. The SMILES string of the molecule is O=c1c2ccccc2ncn1CCSc1nnc(COc2ccc(Cl)cc2)o1. The molecule has 0 radical (unpaired) electrons. The Hall–Kier alpha value is -2.84. The van der Waals surface area contributed by atoms with E-state index < -0.39 is 0 Å². The molecule has 2 heterocycles. The van der Waals surface area contributed by atoms with Gasteiger partial charge in [-0.05, 0) is 36.4 Å². The number of aryl methyl sites for hydroxylation is 1. The summed E-state index contributed by atoms with van der Waals surface area (Å²) in [6.45, 7) is 0.656. The van der Waals surface area contributed by atoms with E-state index in [1.54, 1.807) is 41.2 Å². The molecule has 0 atom stereocenters. The third-order valence-electron chi connectivity index (χ3n) is 3.91. The van der Waals surface area contributed by atoms with Crippen molar-refractivity contribution in [3.05, 3.63) is 76.1 Å². The second-order valence-electron chi connectivity index (χ2n) is 5.81. The Bertz CT molecular complexity index is 1140. The van der Waals surface area contributed by atoms with Crippen LogP contribution in [0.3, 0.4) is 0 Å². The van der Waals surface area contributed by atoms with Crippen LogP contribution in [0.5, 0.6) is 5.75 Å². The summed E-state index contributed by atoms with van der Waals surface area (Å²) in [5.74, 6) is 1.64. The fourth-order valence-electron chi connectivity index (χ4n) is 2.53. The topological polar surface area (TPSA) is 83.0 Å². The molecule has 0 amide bonds. The van der Waals surface area contributed by atoms with Gasteiger partial charge in [-0.15, -0.1) is 10.2 Å². The van der Waals surface area contributed by atoms with Crippen molar-refractivity contribution in [3.63, 3.8) is 0 Å². The van der Waals surface area contributed by atoms with Crippen molar-refractivity contribution in [3.8, 4) is 5.75 Å². The van der Waals surface area contributed by atoms with Crippen LogP contribution in [0.15, 0.2) is 69.3 Å². The summed E-state index contributed by atoms with van der Waals surface area (Å²) >= 11 is 7.21. The molecule has 2 aromatic heterocycles. The van der Waals surface area contributed by atoms with Crippen LogP contribution in [0.4, 0.5) is 0 Å². The number of hydrogen-bond acceptors (Lipinski definition) is 7. The van der Waals surface area contributed by atoms with E-state index in [9.17, 15) is 4.79 Å². The fraction of sp³-hybridized carbons (Fsp3) is 0.158. The Balaban J connectivity index is 1.32. The van der Waals surface area contributed by atoms with E-state index in [2.05, 4.69) is 15.2 Å². The minimum atomic E-state index is -0.0613. The molecule has 28 heavy (non-hydrogen) atoms. The smallest absolute Gasteiger partial charge is 0.276 e. The van der Waals surface area contributed by atoms with E-state index in [-0.39, 0.29) is 12.2 Å². The van der Waals surface area contributed by atoms with Gasteiger partial charge in [-0.1, -0.05) is 35.5 Å². The van der Waals surface area contributed by atoms with Crippen molar-refractivity contribution in [2.24, 2.45) is 0 Å². The van der Waals surface area contributed by atoms with E-state index in [4.69, 9.17) is 20.8 Å². The average molecular weight is 415 g/mol. The lowest BCUT2D eigenvalue weighted by molar-refractivity contribution is 0.252. The average Bonchev–Trinajstić information content (AvgIpc) is 3.17. The normalized spacial score (nSPS) is 11.0. The van der Waals surface area contributed by atoms with Crippen molar-refractivity contribution in [2.45, 2.75) is 18.4 Å². The van der Waals surface area contributed by atoms with Gasteiger partial charge in [0.2, 0.25) is 0 Å². The molecule has 0 aliphatic carbocycles. The summed E-state index contributed by atoms with van der Waals surface area (Å²) in [5, 5.41) is 9.63. The van der Waals surface area contributed by atoms with Crippen molar-refractivity contribution in [1.82, 2.24) is 19.7 Å². The molecule has 4 aromatic rings. The van der Waals surface area contributed by atoms with E-state index in [1.165, 1.54) is 11.8 Å². The summed E-state index contributed by atoms with van der Waals surface area (Å²) < 4.78 is 12.7. The number of fused-ring (bicyclic) bond motifs is 1. The quantitative estimate of drug-likeness (QED) is 0.425. The maximum Gasteiger partial charge on any atom is 0.276 e. The zero-order valence-corrected chi connectivity index (χ0v) is 16.2. The molecule has 0 spiro atoms. The van der Waals surface area contributed by atoms with Gasteiger partial charge in [0.1, 0.15) is 5.75 Å². The lowest BCUT2D eigenvalue weighted by atomic mass is 10.2. The highest BCUT2D eigenvalue weighted by Gasteiger charge is 2.09. The Morgan fingerprint density at radius 3 is 2.79 bits per heavy atom. The number of aromatic nitrogens is 4. The third-order valence-corrected chi connectivity index (χ3v) is 4.96. The predicted octanol–water partition coefficient (Wildman–Crippen LogP) is 3.80. The fourth-order valence-corrected chi connectivity index (χ4v) is 3.37. The van der Waals surface area contributed by atoms with Gasteiger partial charge >= 0.3 is 0 Å². The maximum atomic E-state index is 12.5. The number of hydrogen-bond donors (Lipinski definition) is 0. The standard InChI is InChI=1S/C19H15ClN4O3S/c20-13-5-7-14(8-6-13)26-11-17-22-23-19(27-17)28-10-9-24-12-21-16-4-2-1-3-15(16)18(24)25/h1-8,12H,9-11H2. The monoisotopic (exact) mass is 414 g/mol. The van der Waals surface area contributed by atoms with Crippen molar-refractivity contribution >= 4 is 34.3 Å². The first-order chi connectivity index (χ1) is 13.7. The molecule has 0 bridgehead atoms. The number of rotatable bonds is 7. The zero-order chi connectivity index (χ0) is 19.3. The Morgan fingerprint density at radius 2 is 1.93 bits per heavy atom. The third kappa shape index (κ3) is 4.35. The highest BCUT2D eigenvalue weighted by atomic mass is 35.5. The first-order valence-electron chi connectivity index (χ1n) is 8.47. The molecule has 142 valence electrons. The molecule has 0 aliphatic heterocycles. The summed E-state index contributed by atoms with van der Waals surface area (Å²) in [6.07, 6.45) is 1.56. The van der Waals surface area contributed by atoms with Gasteiger partial charge < -0.3 is 9.15 Å². The van der Waals surface area contributed by atoms with Crippen LogP contribution in [-0.4, -0.2) is 25.5 Å².